The highest BCUT2D eigenvalue weighted by Crippen LogP contribution is 2.30. The predicted molar refractivity (Wildman–Crippen MR) is 90.0 cm³/mol. The zero-order chi connectivity index (χ0) is 15.8. The van der Waals surface area contributed by atoms with Gasteiger partial charge < -0.3 is 0 Å². The van der Waals surface area contributed by atoms with Gasteiger partial charge in [-0.1, -0.05) is 70.5 Å². The molecule has 0 saturated carbocycles. The molecule has 0 aliphatic heterocycles. The predicted octanol–water partition coefficient (Wildman–Crippen LogP) is 5.53. The smallest absolute Gasteiger partial charge is 0.136 e. The van der Waals surface area contributed by atoms with Gasteiger partial charge in [-0.15, -0.1) is 0 Å². The molecule has 1 aromatic heterocycles. The molecule has 112 valence electrons. The SMILES string of the molecule is Cc1c(Cl)nc(C(C)(C)C)nc1-c1ccc(C(C)C)cc1. The molecule has 2 rings (SSSR count). The third-order valence-corrected chi connectivity index (χ3v) is 3.98. The first-order valence-electron chi connectivity index (χ1n) is 7.35. The van der Waals surface area contributed by atoms with Gasteiger partial charge in [0.15, 0.2) is 0 Å². The van der Waals surface area contributed by atoms with Crippen LogP contribution in [-0.2, 0) is 5.41 Å². The topological polar surface area (TPSA) is 25.8 Å². The molecule has 21 heavy (non-hydrogen) atoms. The van der Waals surface area contributed by atoms with Crippen molar-refractivity contribution in [1.29, 1.82) is 0 Å². The molecule has 1 heterocycles. The molecule has 0 atom stereocenters. The molecular weight excluding hydrogens is 280 g/mol. The highest BCUT2D eigenvalue weighted by atomic mass is 35.5. The molecule has 2 aromatic rings. The van der Waals surface area contributed by atoms with Crippen molar-refractivity contribution >= 4 is 11.6 Å². The van der Waals surface area contributed by atoms with Crippen LogP contribution in [0.5, 0.6) is 0 Å². The molecule has 0 radical (unpaired) electrons. The fourth-order valence-electron chi connectivity index (χ4n) is 2.13. The molecule has 0 unspecified atom stereocenters. The quantitative estimate of drug-likeness (QED) is 0.682. The Bertz CT molecular complexity index is 638. The first kappa shape index (κ1) is 16.0. The molecule has 0 aliphatic carbocycles. The van der Waals surface area contributed by atoms with Crippen LogP contribution in [0.1, 0.15) is 57.5 Å². The van der Waals surface area contributed by atoms with Gasteiger partial charge in [-0.25, -0.2) is 9.97 Å². The molecule has 0 spiro atoms. The zero-order valence-electron chi connectivity index (χ0n) is 13.7. The Morgan fingerprint density at radius 2 is 1.57 bits per heavy atom. The third-order valence-electron chi connectivity index (χ3n) is 3.61. The van der Waals surface area contributed by atoms with Crippen LogP contribution < -0.4 is 0 Å². The van der Waals surface area contributed by atoms with Crippen LogP contribution in [0.25, 0.3) is 11.3 Å². The van der Waals surface area contributed by atoms with Crippen LogP contribution in [-0.4, -0.2) is 9.97 Å². The maximum Gasteiger partial charge on any atom is 0.136 e. The maximum atomic E-state index is 6.31. The largest absolute Gasteiger partial charge is 0.232 e. The molecule has 3 heteroatoms. The van der Waals surface area contributed by atoms with E-state index in [2.05, 4.69) is 63.9 Å². The van der Waals surface area contributed by atoms with Crippen LogP contribution in [0, 0.1) is 6.92 Å². The number of hydrogen-bond donors (Lipinski definition) is 0. The van der Waals surface area contributed by atoms with Crippen molar-refractivity contribution < 1.29 is 0 Å². The van der Waals surface area contributed by atoms with Gasteiger partial charge in [-0.3, -0.25) is 0 Å². The lowest BCUT2D eigenvalue weighted by molar-refractivity contribution is 0.545. The van der Waals surface area contributed by atoms with Crippen molar-refractivity contribution in [2.45, 2.75) is 52.9 Å². The number of halogens is 1. The van der Waals surface area contributed by atoms with Crippen LogP contribution in [0.3, 0.4) is 0 Å². The Kier molecular flexibility index (Phi) is 4.38. The highest BCUT2D eigenvalue weighted by molar-refractivity contribution is 6.30. The fraction of sp³-hybridized carbons (Fsp3) is 0.444. The molecule has 0 bridgehead atoms. The van der Waals surface area contributed by atoms with Gasteiger partial charge in [0.25, 0.3) is 0 Å². The van der Waals surface area contributed by atoms with Crippen LogP contribution in [0.15, 0.2) is 24.3 Å². The molecule has 0 saturated heterocycles. The van der Waals surface area contributed by atoms with Gasteiger partial charge in [0, 0.05) is 16.5 Å². The maximum absolute atomic E-state index is 6.31. The van der Waals surface area contributed by atoms with Gasteiger partial charge in [0.1, 0.15) is 11.0 Å². The van der Waals surface area contributed by atoms with Gasteiger partial charge in [-0.2, -0.15) is 0 Å². The van der Waals surface area contributed by atoms with Crippen LogP contribution in [0.2, 0.25) is 5.15 Å². The third kappa shape index (κ3) is 3.44. The van der Waals surface area contributed by atoms with E-state index in [0.717, 1.165) is 22.6 Å². The van der Waals surface area contributed by atoms with Crippen molar-refractivity contribution in [3.63, 3.8) is 0 Å². The van der Waals surface area contributed by atoms with Gasteiger partial charge in [0.05, 0.1) is 5.69 Å². The molecule has 0 fully saturated rings. The Balaban J connectivity index is 2.55. The number of hydrogen-bond acceptors (Lipinski definition) is 2. The van der Waals surface area contributed by atoms with E-state index in [0.29, 0.717) is 11.1 Å². The van der Waals surface area contributed by atoms with E-state index in [9.17, 15) is 0 Å². The standard InChI is InChI=1S/C18H23ClN2/c1-11(2)13-7-9-14(10-8-13)15-12(3)16(19)21-17(20-15)18(4,5)6/h7-11H,1-6H3. The second kappa shape index (κ2) is 5.76. The number of rotatable bonds is 2. The minimum Gasteiger partial charge on any atom is -0.232 e. The van der Waals surface area contributed by atoms with Gasteiger partial charge >= 0.3 is 0 Å². The van der Waals surface area contributed by atoms with E-state index >= 15 is 0 Å². The lowest BCUT2D eigenvalue weighted by Gasteiger charge is -2.19. The zero-order valence-corrected chi connectivity index (χ0v) is 14.4. The lowest BCUT2D eigenvalue weighted by atomic mass is 9.94. The number of aromatic nitrogens is 2. The Labute approximate surface area is 132 Å². The van der Waals surface area contributed by atoms with E-state index in [4.69, 9.17) is 16.6 Å². The normalized spacial score (nSPS) is 12.0. The van der Waals surface area contributed by atoms with Crippen molar-refractivity contribution in [2.75, 3.05) is 0 Å². The number of benzene rings is 1. The first-order chi connectivity index (χ1) is 9.70. The van der Waals surface area contributed by atoms with Crippen molar-refractivity contribution in [2.24, 2.45) is 0 Å². The Hall–Kier alpha value is -1.41. The summed E-state index contributed by atoms with van der Waals surface area (Å²) in [6.45, 7) is 12.7. The average Bonchev–Trinajstić information content (AvgIpc) is 2.40. The molecule has 0 N–H and O–H groups in total. The van der Waals surface area contributed by atoms with E-state index < -0.39 is 0 Å². The van der Waals surface area contributed by atoms with Crippen LogP contribution in [0.4, 0.5) is 0 Å². The summed E-state index contributed by atoms with van der Waals surface area (Å²) in [5.41, 5.74) is 4.15. The molecule has 0 amide bonds. The fourth-order valence-corrected chi connectivity index (χ4v) is 2.30. The Morgan fingerprint density at radius 1 is 1.00 bits per heavy atom. The average molecular weight is 303 g/mol. The van der Waals surface area contributed by atoms with E-state index in [1.54, 1.807) is 0 Å². The first-order valence-corrected chi connectivity index (χ1v) is 7.73. The summed E-state index contributed by atoms with van der Waals surface area (Å²) in [7, 11) is 0. The molecular formula is C18H23ClN2. The summed E-state index contributed by atoms with van der Waals surface area (Å²) in [6, 6.07) is 8.55. The summed E-state index contributed by atoms with van der Waals surface area (Å²) >= 11 is 6.31. The second-order valence-electron chi connectivity index (χ2n) is 6.84. The monoisotopic (exact) mass is 302 g/mol. The van der Waals surface area contributed by atoms with Crippen molar-refractivity contribution in [1.82, 2.24) is 9.97 Å². The summed E-state index contributed by atoms with van der Waals surface area (Å²) < 4.78 is 0. The van der Waals surface area contributed by atoms with E-state index in [-0.39, 0.29) is 5.41 Å². The second-order valence-corrected chi connectivity index (χ2v) is 7.20. The molecule has 2 nitrogen and oxygen atoms in total. The summed E-state index contributed by atoms with van der Waals surface area (Å²) in [5, 5.41) is 0.540. The van der Waals surface area contributed by atoms with Crippen molar-refractivity contribution in [3.8, 4) is 11.3 Å². The van der Waals surface area contributed by atoms with Crippen molar-refractivity contribution in [3.05, 3.63) is 46.4 Å². The molecule has 0 aliphatic rings. The highest BCUT2D eigenvalue weighted by Gasteiger charge is 2.21. The van der Waals surface area contributed by atoms with E-state index in [1.807, 2.05) is 6.92 Å². The summed E-state index contributed by atoms with van der Waals surface area (Å²) in [6.07, 6.45) is 0. The summed E-state index contributed by atoms with van der Waals surface area (Å²) in [4.78, 5) is 9.18. The van der Waals surface area contributed by atoms with E-state index in [1.165, 1.54) is 5.56 Å². The van der Waals surface area contributed by atoms with Crippen LogP contribution >= 0.6 is 11.6 Å². The summed E-state index contributed by atoms with van der Waals surface area (Å²) in [5.74, 6) is 1.31. The van der Waals surface area contributed by atoms with Gasteiger partial charge in [-0.05, 0) is 18.4 Å². The van der Waals surface area contributed by atoms with Gasteiger partial charge in [0.2, 0.25) is 0 Å². The minimum atomic E-state index is -0.121. The number of nitrogens with zero attached hydrogens (tertiary/aromatic N) is 2. The lowest BCUT2D eigenvalue weighted by Crippen LogP contribution is -2.17. The molecule has 1 aromatic carbocycles. The Morgan fingerprint density at radius 3 is 2.05 bits per heavy atom. The minimum absolute atomic E-state index is 0.121.